The first-order valence-electron chi connectivity index (χ1n) is 8.16. The van der Waals surface area contributed by atoms with Crippen molar-refractivity contribution in [3.8, 4) is 0 Å². The average molecular weight is 304 g/mol. The van der Waals surface area contributed by atoms with Gasteiger partial charge in [-0.3, -0.25) is 9.69 Å². The second kappa shape index (κ2) is 7.75. The Bertz CT molecular complexity index is 471. The van der Waals surface area contributed by atoms with Gasteiger partial charge in [-0.2, -0.15) is 0 Å². The zero-order chi connectivity index (χ0) is 16.0. The highest BCUT2D eigenvalue weighted by molar-refractivity contribution is 5.94. The molecule has 1 aromatic rings. The number of amides is 1. The van der Waals surface area contributed by atoms with Gasteiger partial charge in [0.1, 0.15) is 0 Å². The van der Waals surface area contributed by atoms with Crippen LogP contribution >= 0.6 is 0 Å². The summed E-state index contributed by atoms with van der Waals surface area (Å²) in [5, 5.41) is 3.00. The number of nitrogens with one attached hydrogen (secondary N) is 1. The smallest absolute Gasteiger partial charge is 0.251 e. The molecule has 22 heavy (non-hydrogen) atoms. The normalized spacial score (nSPS) is 16.5. The topological polar surface area (TPSA) is 41.6 Å². The van der Waals surface area contributed by atoms with E-state index in [-0.39, 0.29) is 11.3 Å². The third-order valence-electron chi connectivity index (χ3n) is 4.05. The van der Waals surface area contributed by atoms with E-state index in [4.69, 9.17) is 4.74 Å². The van der Waals surface area contributed by atoms with Crippen LogP contribution in [0.5, 0.6) is 0 Å². The van der Waals surface area contributed by atoms with E-state index in [2.05, 4.69) is 31.0 Å². The van der Waals surface area contributed by atoms with Crippen LogP contribution in [0, 0.1) is 0 Å². The van der Waals surface area contributed by atoms with E-state index in [0.717, 1.165) is 51.4 Å². The van der Waals surface area contributed by atoms with Gasteiger partial charge >= 0.3 is 0 Å². The Morgan fingerprint density at radius 1 is 1.18 bits per heavy atom. The lowest BCUT2D eigenvalue weighted by molar-refractivity contribution is 0.0374. The van der Waals surface area contributed by atoms with Gasteiger partial charge in [-0.1, -0.05) is 32.9 Å². The molecule has 0 bridgehead atoms. The number of hydrogen-bond donors (Lipinski definition) is 1. The van der Waals surface area contributed by atoms with Crippen molar-refractivity contribution in [2.45, 2.75) is 32.6 Å². The molecule has 0 spiro atoms. The van der Waals surface area contributed by atoms with E-state index in [1.54, 1.807) is 0 Å². The van der Waals surface area contributed by atoms with Crippen molar-refractivity contribution in [1.29, 1.82) is 0 Å². The second-order valence-electron chi connectivity index (χ2n) is 6.89. The van der Waals surface area contributed by atoms with Crippen LogP contribution in [-0.2, 0) is 10.2 Å². The molecule has 1 saturated heterocycles. The molecule has 0 atom stereocenters. The van der Waals surface area contributed by atoms with Crippen molar-refractivity contribution < 1.29 is 9.53 Å². The Morgan fingerprint density at radius 3 is 2.41 bits per heavy atom. The maximum atomic E-state index is 12.1. The second-order valence-corrected chi connectivity index (χ2v) is 6.89. The van der Waals surface area contributed by atoms with E-state index in [0.29, 0.717) is 0 Å². The van der Waals surface area contributed by atoms with Gasteiger partial charge in [0.25, 0.3) is 5.91 Å². The lowest BCUT2D eigenvalue weighted by atomic mass is 9.87. The van der Waals surface area contributed by atoms with Crippen LogP contribution in [0.1, 0.15) is 43.1 Å². The Labute approximate surface area is 133 Å². The highest BCUT2D eigenvalue weighted by Gasteiger charge is 2.14. The van der Waals surface area contributed by atoms with E-state index >= 15 is 0 Å². The first-order chi connectivity index (χ1) is 10.5. The SMILES string of the molecule is CC(C)(C)c1ccc(C(=O)NCCCN2CCOCC2)cc1. The number of rotatable bonds is 5. The summed E-state index contributed by atoms with van der Waals surface area (Å²) in [6.07, 6.45) is 0.978. The van der Waals surface area contributed by atoms with Gasteiger partial charge in [-0.25, -0.2) is 0 Å². The fourth-order valence-electron chi connectivity index (χ4n) is 2.55. The maximum absolute atomic E-state index is 12.1. The van der Waals surface area contributed by atoms with Crippen molar-refractivity contribution >= 4 is 5.91 Å². The van der Waals surface area contributed by atoms with E-state index in [1.165, 1.54) is 5.56 Å². The summed E-state index contributed by atoms with van der Waals surface area (Å²) >= 11 is 0. The summed E-state index contributed by atoms with van der Waals surface area (Å²) in [4.78, 5) is 14.5. The summed E-state index contributed by atoms with van der Waals surface area (Å²) in [5.41, 5.74) is 2.10. The van der Waals surface area contributed by atoms with Gasteiger partial charge in [0.2, 0.25) is 0 Å². The van der Waals surface area contributed by atoms with Gasteiger partial charge < -0.3 is 10.1 Å². The largest absolute Gasteiger partial charge is 0.379 e. The summed E-state index contributed by atoms with van der Waals surface area (Å²) in [6.45, 7) is 11.9. The standard InChI is InChI=1S/C18H28N2O2/c1-18(2,3)16-7-5-15(6-8-16)17(21)19-9-4-10-20-11-13-22-14-12-20/h5-8H,4,9-14H2,1-3H3,(H,19,21). The molecular weight excluding hydrogens is 276 g/mol. The van der Waals surface area contributed by atoms with E-state index < -0.39 is 0 Å². The molecule has 1 heterocycles. The van der Waals surface area contributed by atoms with Crippen molar-refractivity contribution in [2.24, 2.45) is 0 Å². The number of carbonyl (C=O) groups excluding carboxylic acids is 1. The highest BCUT2D eigenvalue weighted by atomic mass is 16.5. The third kappa shape index (κ3) is 5.11. The predicted octanol–water partition coefficient (Wildman–Crippen LogP) is 2.44. The highest BCUT2D eigenvalue weighted by Crippen LogP contribution is 2.22. The average Bonchev–Trinajstić information content (AvgIpc) is 2.52. The van der Waals surface area contributed by atoms with Crippen molar-refractivity contribution in [3.05, 3.63) is 35.4 Å². The summed E-state index contributed by atoms with van der Waals surface area (Å²) in [5.74, 6) is 0.0161. The van der Waals surface area contributed by atoms with Crippen molar-refractivity contribution in [1.82, 2.24) is 10.2 Å². The molecule has 4 nitrogen and oxygen atoms in total. The number of benzene rings is 1. The van der Waals surface area contributed by atoms with E-state index in [1.807, 2.05) is 24.3 Å². The van der Waals surface area contributed by atoms with Gasteiger partial charge in [0.15, 0.2) is 0 Å². The molecule has 1 aliphatic heterocycles. The van der Waals surface area contributed by atoms with Crippen molar-refractivity contribution in [2.75, 3.05) is 39.4 Å². The number of nitrogens with zero attached hydrogens (tertiary/aromatic N) is 1. The van der Waals surface area contributed by atoms with Crippen LogP contribution in [0.25, 0.3) is 0 Å². The summed E-state index contributed by atoms with van der Waals surface area (Å²) in [6, 6.07) is 7.92. The first-order valence-corrected chi connectivity index (χ1v) is 8.16. The summed E-state index contributed by atoms with van der Waals surface area (Å²) < 4.78 is 5.32. The Balaban J connectivity index is 1.72. The van der Waals surface area contributed by atoms with Crippen LogP contribution in [0.15, 0.2) is 24.3 Å². The molecule has 1 aliphatic rings. The van der Waals surface area contributed by atoms with Gasteiger partial charge in [-0.05, 0) is 36.1 Å². The molecule has 122 valence electrons. The lowest BCUT2D eigenvalue weighted by Crippen LogP contribution is -2.38. The molecule has 1 amide bonds. The van der Waals surface area contributed by atoms with Crippen LogP contribution < -0.4 is 5.32 Å². The lowest BCUT2D eigenvalue weighted by Gasteiger charge is -2.26. The van der Waals surface area contributed by atoms with Crippen LogP contribution in [-0.4, -0.2) is 50.2 Å². The van der Waals surface area contributed by atoms with Gasteiger partial charge in [0, 0.05) is 25.2 Å². The fourth-order valence-corrected chi connectivity index (χ4v) is 2.55. The minimum Gasteiger partial charge on any atom is -0.379 e. The molecule has 0 unspecified atom stereocenters. The van der Waals surface area contributed by atoms with Crippen LogP contribution in [0.4, 0.5) is 0 Å². The molecule has 0 aliphatic carbocycles. The Morgan fingerprint density at radius 2 is 1.82 bits per heavy atom. The number of ether oxygens (including phenoxy) is 1. The number of morpholine rings is 1. The predicted molar refractivity (Wildman–Crippen MR) is 89.4 cm³/mol. The molecule has 0 radical (unpaired) electrons. The zero-order valence-electron chi connectivity index (χ0n) is 14.0. The van der Waals surface area contributed by atoms with E-state index in [9.17, 15) is 4.79 Å². The molecule has 2 rings (SSSR count). The maximum Gasteiger partial charge on any atom is 0.251 e. The van der Waals surface area contributed by atoms with Crippen molar-refractivity contribution in [3.63, 3.8) is 0 Å². The number of carbonyl (C=O) groups is 1. The van der Waals surface area contributed by atoms with Crippen LogP contribution in [0.2, 0.25) is 0 Å². The molecule has 0 saturated carbocycles. The Kier molecular flexibility index (Phi) is 5.98. The third-order valence-corrected chi connectivity index (χ3v) is 4.05. The first kappa shape index (κ1) is 17.0. The molecule has 1 aromatic carbocycles. The van der Waals surface area contributed by atoms with Crippen LogP contribution in [0.3, 0.4) is 0 Å². The minimum absolute atomic E-state index is 0.0161. The molecule has 4 heteroatoms. The monoisotopic (exact) mass is 304 g/mol. The number of hydrogen-bond acceptors (Lipinski definition) is 3. The zero-order valence-corrected chi connectivity index (χ0v) is 14.0. The summed E-state index contributed by atoms with van der Waals surface area (Å²) in [7, 11) is 0. The minimum atomic E-state index is 0.0161. The molecule has 1 N–H and O–H groups in total. The quantitative estimate of drug-likeness (QED) is 0.850. The molecule has 1 fully saturated rings. The molecular formula is C18H28N2O2. The van der Waals surface area contributed by atoms with Gasteiger partial charge in [0.05, 0.1) is 13.2 Å². The molecule has 0 aromatic heterocycles. The van der Waals surface area contributed by atoms with Gasteiger partial charge in [-0.15, -0.1) is 0 Å². The fraction of sp³-hybridized carbons (Fsp3) is 0.611. The Hall–Kier alpha value is -1.39.